The van der Waals surface area contributed by atoms with Gasteiger partial charge in [0.2, 0.25) is 11.9 Å². The predicted octanol–water partition coefficient (Wildman–Crippen LogP) is 18.3. The Kier molecular flexibility index (Phi) is 35.4. The summed E-state index contributed by atoms with van der Waals surface area (Å²) in [5.74, 6) is 2.51. The van der Waals surface area contributed by atoms with Crippen molar-refractivity contribution >= 4 is 86.6 Å². The Morgan fingerprint density at radius 2 is 0.796 bits per heavy atom. The Morgan fingerprint density at radius 1 is 0.407 bits per heavy atom. The van der Waals surface area contributed by atoms with Crippen molar-refractivity contribution in [3.8, 4) is 6.07 Å². The van der Waals surface area contributed by atoms with E-state index in [-0.39, 0.29) is 5.56 Å². The lowest BCUT2D eigenvalue weighted by Gasteiger charge is -2.34. The van der Waals surface area contributed by atoms with Crippen molar-refractivity contribution in [1.29, 1.82) is 5.26 Å². The second kappa shape index (κ2) is 47.1. The number of hydrogen-bond acceptors (Lipinski definition) is 10. The predicted molar refractivity (Wildman–Crippen MR) is 463 cm³/mol. The van der Waals surface area contributed by atoms with Gasteiger partial charge in [-0.05, 0) is 186 Å². The molecule has 2 aliphatic heterocycles. The van der Waals surface area contributed by atoms with Gasteiger partial charge in [-0.3, -0.25) is 0 Å². The van der Waals surface area contributed by atoms with Crippen LogP contribution in [0.25, 0.3) is 10.8 Å². The maximum atomic E-state index is 11.0. The molecule has 7 aromatic carbocycles. The molecule has 7 fully saturated rings. The molecular weight excluding hydrogens is 1410 g/mol. The number of nitrogens with zero attached hydrogens (tertiary/aromatic N) is 9. The van der Waals surface area contributed by atoms with Crippen molar-refractivity contribution in [2.24, 2.45) is 25.0 Å². The van der Waals surface area contributed by atoms with E-state index in [1.54, 1.807) is 24.3 Å². The minimum absolute atomic E-state index is 0.229. The van der Waals surface area contributed by atoms with Gasteiger partial charge in [0.1, 0.15) is 0 Å². The highest BCUT2D eigenvalue weighted by Gasteiger charge is 2.25. The van der Waals surface area contributed by atoms with Crippen LogP contribution in [0.5, 0.6) is 0 Å². The number of carbonyl (C=O) groups is 2. The summed E-state index contributed by atoms with van der Waals surface area (Å²) in [7, 11) is 8.02. The van der Waals surface area contributed by atoms with Crippen molar-refractivity contribution < 1.29 is 29.3 Å². The normalized spacial score (nSPS) is 17.6. The first-order chi connectivity index (χ1) is 55.2. The molecule has 22 nitrogen and oxygen atoms in total. The number of aromatic carboxylic acids is 2. The second-order valence-corrected chi connectivity index (χ2v) is 30.7. The molecule has 2 heterocycles. The van der Waals surface area contributed by atoms with E-state index in [9.17, 15) is 9.59 Å². The Labute approximate surface area is 670 Å². The lowest BCUT2D eigenvalue weighted by Crippen LogP contribution is -2.51. The number of nitriles is 1. The van der Waals surface area contributed by atoms with E-state index in [1.807, 2.05) is 147 Å². The maximum absolute atomic E-state index is 11.0. The number of nitrogens with one attached hydrogen (secondary N) is 7. The van der Waals surface area contributed by atoms with Crippen LogP contribution in [0, 0.1) is 11.3 Å². The first-order valence-corrected chi connectivity index (χ1v) is 41.5. The molecule has 0 aromatic heterocycles. The highest BCUT2D eigenvalue weighted by atomic mass is 16.5. The summed E-state index contributed by atoms with van der Waals surface area (Å²) in [6.45, 7) is 5.27. The van der Waals surface area contributed by atoms with Crippen molar-refractivity contribution in [2.75, 3.05) is 89.0 Å². The number of aliphatic imine (C=N–C) groups is 5. The number of anilines is 4. The van der Waals surface area contributed by atoms with E-state index in [4.69, 9.17) is 44.9 Å². The summed E-state index contributed by atoms with van der Waals surface area (Å²) < 4.78 is 10.9. The van der Waals surface area contributed by atoms with Crippen LogP contribution in [-0.2, 0) is 9.47 Å². The average Bonchev–Trinajstić information content (AvgIpc) is 0.803. The third-order valence-corrected chi connectivity index (χ3v) is 21.3. The van der Waals surface area contributed by atoms with E-state index in [1.165, 1.54) is 171 Å². The van der Waals surface area contributed by atoms with Crippen LogP contribution in [0.15, 0.2) is 201 Å². The molecule has 602 valence electrons. The average molecular weight is 1540 g/mol. The van der Waals surface area contributed by atoms with Crippen LogP contribution in [0.4, 0.5) is 34.1 Å². The van der Waals surface area contributed by atoms with Crippen LogP contribution < -0.4 is 37.2 Å². The minimum Gasteiger partial charge on any atom is -0.478 e. The van der Waals surface area contributed by atoms with Gasteiger partial charge in [0, 0.05) is 101 Å². The SMILES string of the molecule is C1CCC(NC(=NC2CCOCC2)N2CCOCC2)CC1.CN(C)C(=Nc1cccc2ccccc12)N(C)C.N#Cc1ccc(NC(=NC2CCCCC2)NC2CCCCC2)cc1.O=C(O)c1ccc(N=C(Nc2ccccc2)Nc2ccccc2)cc1.O=C(O)c1ccc(NC(=NC2CCCCC2)NC2CCCCC2)cc1. The molecule has 5 aliphatic carbocycles. The molecule has 113 heavy (non-hydrogen) atoms. The van der Waals surface area contributed by atoms with E-state index in [0.717, 1.165) is 117 Å². The lowest BCUT2D eigenvalue weighted by molar-refractivity contribution is 0.0645. The molecule has 7 aromatic rings. The molecule has 9 N–H and O–H groups in total. The van der Waals surface area contributed by atoms with Crippen molar-refractivity contribution in [2.45, 2.75) is 210 Å². The molecule has 0 spiro atoms. The van der Waals surface area contributed by atoms with Crippen molar-refractivity contribution in [3.63, 3.8) is 0 Å². The standard InChI is InChI=1S/C20H28N4.C20H29N3O2.C20H17N3O2.C16H29N3O2.C15H19N3/c21-15-16-11-13-19(14-12-16)24-20(22-17-7-3-1-4-8-17)23-18-9-5-2-6-10-18;2*24-19(25)15-11-13-18(14-12-15)23-20(21-16-7-3-1-4-8-16)22-17-9-5-2-6-10-17;1-2-4-14(5-3-1)17-16(19-8-12-21-13-9-19)18-15-6-10-20-11-7-15;1-17(2)15(18(3)4)16-14-11-7-9-12-8-5-6-10-13(12)14/h11-14,17-18H,1-10H2,(H2,22,23,24);11-14,16-17H,1-10H2,(H,24,25)(H2,21,22,23);1-14H,(H,24,25)(H2,21,22,23);14-15H,1-13H2,(H,17,18);5-11H,1-4H3. The monoisotopic (exact) mass is 1530 g/mol. The molecule has 0 amide bonds. The van der Waals surface area contributed by atoms with Crippen LogP contribution in [-0.4, -0.2) is 171 Å². The number of carboxylic acids is 2. The fourth-order valence-corrected chi connectivity index (χ4v) is 15.1. The molecule has 0 bridgehead atoms. The first-order valence-electron chi connectivity index (χ1n) is 41.5. The van der Waals surface area contributed by atoms with Gasteiger partial charge in [0.15, 0.2) is 17.9 Å². The molecule has 2 saturated heterocycles. The molecule has 5 saturated carbocycles. The van der Waals surface area contributed by atoms with Gasteiger partial charge in [-0.2, -0.15) is 5.26 Å². The summed E-state index contributed by atoms with van der Waals surface area (Å²) in [4.78, 5) is 52.7. The number of carboxylic acid groups (broad SMARTS) is 2. The van der Waals surface area contributed by atoms with E-state index >= 15 is 0 Å². The Morgan fingerprint density at radius 3 is 1.26 bits per heavy atom. The zero-order valence-corrected chi connectivity index (χ0v) is 67.1. The summed E-state index contributed by atoms with van der Waals surface area (Å²) in [5.41, 5.74) is 6.53. The van der Waals surface area contributed by atoms with Crippen molar-refractivity contribution in [1.82, 2.24) is 30.7 Å². The molecule has 0 radical (unpaired) electrons. The highest BCUT2D eigenvalue weighted by molar-refractivity contribution is 6.05. The smallest absolute Gasteiger partial charge is 0.335 e. The third kappa shape index (κ3) is 30.2. The Balaban J connectivity index is 0.000000150. The number of rotatable bonds is 14. The quantitative estimate of drug-likeness (QED) is 0.0362. The topological polar surface area (TPSA) is 273 Å². The van der Waals surface area contributed by atoms with Crippen molar-refractivity contribution in [3.05, 3.63) is 193 Å². The Bertz CT molecular complexity index is 4090. The van der Waals surface area contributed by atoms with E-state index < -0.39 is 11.9 Å². The number of benzene rings is 7. The fraction of sp³-hybridized carbons (Fsp3) is 0.473. The van der Waals surface area contributed by atoms with E-state index in [0.29, 0.717) is 59.0 Å². The van der Waals surface area contributed by atoms with Gasteiger partial charge in [0.05, 0.1) is 65.5 Å². The van der Waals surface area contributed by atoms with Gasteiger partial charge >= 0.3 is 11.9 Å². The summed E-state index contributed by atoms with van der Waals surface area (Å²) in [6, 6.07) is 59.8. The molecule has 0 unspecified atom stereocenters. The van der Waals surface area contributed by atoms with Gasteiger partial charge in [0.25, 0.3) is 0 Å². The fourth-order valence-electron chi connectivity index (χ4n) is 15.1. The number of fused-ring (bicyclic) bond motifs is 1. The molecule has 7 aliphatic rings. The molecule has 14 rings (SSSR count). The molecule has 0 atom stereocenters. The third-order valence-electron chi connectivity index (χ3n) is 21.3. The molecular formula is C91H122N16O6. The first kappa shape index (κ1) is 84.9. The lowest BCUT2D eigenvalue weighted by atomic mass is 9.95. The highest BCUT2D eigenvalue weighted by Crippen LogP contribution is 2.29. The largest absolute Gasteiger partial charge is 0.478 e. The van der Waals surface area contributed by atoms with Gasteiger partial charge in [-0.1, -0.05) is 169 Å². The number of hydrogen-bond donors (Lipinski definition) is 9. The number of ether oxygens (including phenoxy) is 2. The van der Waals surface area contributed by atoms with E-state index in [2.05, 4.69) is 83.5 Å². The summed E-state index contributed by atoms with van der Waals surface area (Å²) >= 11 is 0. The summed E-state index contributed by atoms with van der Waals surface area (Å²) in [6.07, 6.45) is 34.0. The zero-order valence-electron chi connectivity index (χ0n) is 67.1. The number of guanidine groups is 5. The van der Waals surface area contributed by atoms with Gasteiger partial charge in [-0.15, -0.1) is 0 Å². The number of para-hydroxylation sites is 2. The number of morpholine rings is 1. The maximum Gasteiger partial charge on any atom is 0.335 e. The van der Waals surface area contributed by atoms with Crippen LogP contribution >= 0.6 is 0 Å². The summed E-state index contributed by atoms with van der Waals surface area (Å²) in [5, 5.41) is 53.7. The Hall–Kier alpha value is -10.5. The zero-order chi connectivity index (χ0) is 79.0. The van der Waals surface area contributed by atoms with Crippen LogP contribution in [0.1, 0.15) is 200 Å². The van der Waals surface area contributed by atoms with Crippen LogP contribution in [0.2, 0.25) is 0 Å². The minimum atomic E-state index is -0.958. The second-order valence-electron chi connectivity index (χ2n) is 30.7. The van der Waals surface area contributed by atoms with Gasteiger partial charge in [-0.25, -0.2) is 34.6 Å². The van der Waals surface area contributed by atoms with Crippen LogP contribution in [0.3, 0.4) is 0 Å². The molecule has 22 heteroatoms. The van der Waals surface area contributed by atoms with Gasteiger partial charge < -0.3 is 71.6 Å².